The van der Waals surface area contributed by atoms with Crippen LogP contribution in [0.5, 0.6) is 5.75 Å². The Morgan fingerprint density at radius 1 is 1.44 bits per heavy atom. The molecule has 0 saturated carbocycles. The number of hydrazone groups is 1. The van der Waals surface area contributed by atoms with E-state index < -0.39 is 0 Å². The predicted octanol–water partition coefficient (Wildman–Crippen LogP) is 1.60. The lowest BCUT2D eigenvalue weighted by Crippen LogP contribution is -2.15. The minimum atomic E-state index is -0.340. The van der Waals surface area contributed by atoms with Crippen LogP contribution in [-0.4, -0.2) is 43.9 Å². The molecule has 0 saturated heterocycles. The Morgan fingerprint density at radius 2 is 2.06 bits per heavy atom. The SMILES string of the molecule is COc1ccc(C(/C=N/N(C)C)C[N+](=O)[O-])cc1. The van der Waals surface area contributed by atoms with Crippen LogP contribution in [0.15, 0.2) is 29.4 Å². The largest absolute Gasteiger partial charge is 0.497 e. The van der Waals surface area contributed by atoms with Crippen molar-refractivity contribution in [2.45, 2.75) is 5.92 Å². The number of nitrogens with zero attached hydrogens (tertiary/aromatic N) is 3. The van der Waals surface area contributed by atoms with Gasteiger partial charge >= 0.3 is 0 Å². The van der Waals surface area contributed by atoms with Crippen LogP contribution >= 0.6 is 0 Å². The molecule has 18 heavy (non-hydrogen) atoms. The number of hydrogen-bond donors (Lipinski definition) is 0. The van der Waals surface area contributed by atoms with Crippen molar-refractivity contribution in [3.63, 3.8) is 0 Å². The third kappa shape index (κ3) is 4.40. The molecule has 0 aliphatic rings. The Morgan fingerprint density at radius 3 is 2.50 bits per heavy atom. The van der Waals surface area contributed by atoms with Crippen molar-refractivity contribution in [3.05, 3.63) is 39.9 Å². The fourth-order valence-electron chi connectivity index (χ4n) is 1.46. The van der Waals surface area contributed by atoms with Gasteiger partial charge in [-0.15, -0.1) is 0 Å². The summed E-state index contributed by atoms with van der Waals surface area (Å²) < 4.78 is 5.05. The number of methoxy groups -OCH3 is 1. The molecule has 6 heteroatoms. The van der Waals surface area contributed by atoms with Gasteiger partial charge in [-0.05, 0) is 17.7 Å². The van der Waals surface area contributed by atoms with Crippen LogP contribution in [-0.2, 0) is 0 Å². The second kappa shape index (κ2) is 6.58. The summed E-state index contributed by atoms with van der Waals surface area (Å²) in [6.07, 6.45) is 1.59. The van der Waals surface area contributed by atoms with E-state index in [4.69, 9.17) is 4.74 Å². The molecule has 0 aromatic heterocycles. The summed E-state index contributed by atoms with van der Waals surface area (Å²) in [6.45, 7) is -0.177. The van der Waals surface area contributed by atoms with Crippen molar-refractivity contribution in [3.8, 4) is 5.75 Å². The zero-order chi connectivity index (χ0) is 13.5. The third-order valence-electron chi connectivity index (χ3n) is 2.37. The molecule has 1 unspecified atom stereocenters. The van der Waals surface area contributed by atoms with Gasteiger partial charge in [0, 0.05) is 25.2 Å². The molecule has 1 aromatic carbocycles. The minimum Gasteiger partial charge on any atom is -0.497 e. The quantitative estimate of drug-likeness (QED) is 0.437. The lowest BCUT2D eigenvalue weighted by molar-refractivity contribution is -0.480. The van der Waals surface area contributed by atoms with Crippen molar-refractivity contribution in [1.29, 1.82) is 0 Å². The number of rotatable bonds is 6. The van der Waals surface area contributed by atoms with E-state index >= 15 is 0 Å². The standard InChI is InChI=1S/C12H17N3O3/c1-14(2)13-8-11(9-15(16)17)10-4-6-12(18-3)7-5-10/h4-8,11H,9H2,1-3H3/b13-8+. The van der Waals surface area contributed by atoms with Crippen LogP contribution < -0.4 is 4.74 Å². The maximum atomic E-state index is 10.7. The van der Waals surface area contributed by atoms with Gasteiger partial charge in [0.15, 0.2) is 0 Å². The first-order valence-electron chi connectivity index (χ1n) is 5.50. The molecule has 0 bridgehead atoms. The Balaban J connectivity index is 2.89. The van der Waals surface area contributed by atoms with Gasteiger partial charge < -0.3 is 9.75 Å². The van der Waals surface area contributed by atoms with Crippen molar-refractivity contribution < 1.29 is 9.66 Å². The summed E-state index contributed by atoms with van der Waals surface area (Å²) in [7, 11) is 5.12. The summed E-state index contributed by atoms with van der Waals surface area (Å²) >= 11 is 0. The van der Waals surface area contributed by atoms with Gasteiger partial charge in [0.2, 0.25) is 6.54 Å². The van der Waals surface area contributed by atoms with E-state index in [0.717, 1.165) is 11.3 Å². The van der Waals surface area contributed by atoms with Crippen molar-refractivity contribution in [2.24, 2.45) is 5.10 Å². The van der Waals surface area contributed by atoms with E-state index in [1.165, 1.54) is 0 Å². The van der Waals surface area contributed by atoms with Crippen LogP contribution in [0.2, 0.25) is 0 Å². The monoisotopic (exact) mass is 251 g/mol. The Bertz CT molecular complexity index is 415. The molecule has 1 rings (SSSR count). The summed E-state index contributed by atoms with van der Waals surface area (Å²) in [6, 6.07) is 7.20. The average Bonchev–Trinajstić information content (AvgIpc) is 2.34. The minimum absolute atomic E-state index is 0.177. The molecule has 98 valence electrons. The smallest absolute Gasteiger partial charge is 0.215 e. The topological polar surface area (TPSA) is 68.0 Å². The van der Waals surface area contributed by atoms with Crippen molar-refractivity contribution >= 4 is 6.21 Å². The highest BCUT2D eigenvalue weighted by Gasteiger charge is 2.15. The van der Waals surface area contributed by atoms with Crippen LogP contribution in [0, 0.1) is 10.1 Å². The Hall–Kier alpha value is -2.11. The Kier molecular flexibility index (Phi) is 5.10. The highest BCUT2D eigenvalue weighted by molar-refractivity contribution is 5.67. The first kappa shape index (κ1) is 14.0. The fraction of sp³-hybridized carbons (Fsp3) is 0.417. The second-order valence-electron chi connectivity index (χ2n) is 4.01. The Labute approximate surface area is 106 Å². The van der Waals surface area contributed by atoms with Crippen LogP contribution in [0.1, 0.15) is 11.5 Å². The predicted molar refractivity (Wildman–Crippen MR) is 69.8 cm³/mol. The van der Waals surface area contributed by atoms with E-state index in [1.54, 1.807) is 44.6 Å². The molecule has 0 fully saturated rings. The van der Waals surface area contributed by atoms with Gasteiger partial charge in [0.25, 0.3) is 0 Å². The molecule has 0 radical (unpaired) electrons. The maximum Gasteiger partial charge on any atom is 0.215 e. The molecule has 0 amide bonds. The molecular formula is C12H17N3O3. The summed E-state index contributed by atoms with van der Waals surface area (Å²) in [5.74, 6) is 0.386. The molecule has 0 spiro atoms. The summed E-state index contributed by atoms with van der Waals surface area (Å²) in [5, 5.41) is 16.3. The van der Waals surface area contributed by atoms with E-state index in [0.29, 0.717) is 0 Å². The number of ether oxygens (including phenoxy) is 1. The zero-order valence-corrected chi connectivity index (χ0v) is 10.7. The van der Waals surface area contributed by atoms with Gasteiger partial charge in [0.1, 0.15) is 5.75 Å². The molecule has 0 N–H and O–H groups in total. The van der Waals surface area contributed by atoms with Gasteiger partial charge in [0.05, 0.1) is 13.0 Å². The van der Waals surface area contributed by atoms with Crippen LogP contribution in [0.4, 0.5) is 0 Å². The fourth-order valence-corrected chi connectivity index (χ4v) is 1.46. The molecule has 0 heterocycles. The molecule has 1 aromatic rings. The van der Waals surface area contributed by atoms with Crippen molar-refractivity contribution in [1.82, 2.24) is 5.01 Å². The lowest BCUT2D eigenvalue weighted by Gasteiger charge is -2.10. The summed E-state index contributed by atoms with van der Waals surface area (Å²) in [5.41, 5.74) is 0.845. The number of hydrogen-bond acceptors (Lipinski definition) is 5. The first-order chi connectivity index (χ1) is 8.52. The van der Waals surface area contributed by atoms with Crippen LogP contribution in [0.25, 0.3) is 0 Å². The average molecular weight is 251 g/mol. The van der Waals surface area contributed by atoms with Crippen molar-refractivity contribution in [2.75, 3.05) is 27.7 Å². The van der Waals surface area contributed by atoms with Gasteiger partial charge in [-0.25, -0.2) is 0 Å². The number of benzene rings is 1. The van der Waals surface area contributed by atoms with E-state index in [1.807, 2.05) is 12.1 Å². The van der Waals surface area contributed by atoms with Gasteiger partial charge in [-0.2, -0.15) is 5.10 Å². The zero-order valence-electron chi connectivity index (χ0n) is 10.7. The second-order valence-corrected chi connectivity index (χ2v) is 4.01. The highest BCUT2D eigenvalue weighted by Crippen LogP contribution is 2.18. The molecule has 6 nitrogen and oxygen atoms in total. The lowest BCUT2D eigenvalue weighted by atomic mass is 10.0. The summed E-state index contributed by atoms with van der Waals surface area (Å²) in [4.78, 5) is 10.3. The molecule has 1 atom stereocenters. The molecule has 0 aliphatic heterocycles. The molecular weight excluding hydrogens is 234 g/mol. The first-order valence-corrected chi connectivity index (χ1v) is 5.50. The van der Waals surface area contributed by atoms with E-state index in [2.05, 4.69) is 5.10 Å². The highest BCUT2D eigenvalue weighted by atomic mass is 16.6. The maximum absolute atomic E-state index is 10.7. The molecule has 0 aliphatic carbocycles. The normalized spacial score (nSPS) is 12.4. The van der Waals surface area contributed by atoms with Gasteiger partial charge in [-0.3, -0.25) is 10.1 Å². The van der Waals surface area contributed by atoms with Crippen LogP contribution in [0.3, 0.4) is 0 Å². The van der Waals surface area contributed by atoms with E-state index in [-0.39, 0.29) is 17.4 Å². The number of nitro groups is 1. The third-order valence-corrected chi connectivity index (χ3v) is 2.37. The van der Waals surface area contributed by atoms with Gasteiger partial charge in [-0.1, -0.05) is 12.1 Å². The van der Waals surface area contributed by atoms with E-state index in [9.17, 15) is 10.1 Å².